The molecule has 0 aliphatic heterocycles. The van der Waals surface area contributed by atoms with E-state index in [9.17, 15) is 14.7 Å². The molecular formula is C24H17NO3S. The van der Waals surface area contributed by atoms with Crippen LogP contribution in [-0.4, -0.2) is 16.9 Å². The molecule has 2 N–H and O–H groups in total. The number of carbonyl (C=O) groups excluding carboxylic acids is 1. The number of hydrogen-bond acceptors (Lipinski definition) is 4. The van der Waals surface area contributed by atoms with Gasteiger partial charge in [0.1, 0.15) is 9.88 Å². The molecule has 3 aromatic carbocycles. The molecule has 0 spiro atoms. The lowest BCUT2D eigenvalue weighted by molar-refractivity contribution is 0.0703. The summed E-state index contributed by atoms with van der Waals surface area (Å²) in [7, 11) is 0. The minimum atomic E-state index is -1.06. The molecule has 0 unspecified atom stereocenters. The quantitative estimate of drug-likeness (QED) is 0.385. The van der Waals surface area contributed by atoms with Gasteiger partial charge in [-0.3, -0.25) is 4.79 Å². The molecular weight excluding hydrogens is 382 g/mol. The summed E-state index contributed by atoms with van der Waals surface area (Å²) in [4.78, 5) is 25.6. The van der Waals surface area contributed by atoms with Gasteiger partial charge in [0.2, 0.25) is 0 Å². The van der Waals surface area contributed by atoms with Crippen LogP contribution in [0.25, 0.3) is 11.1 Å². The van der Waals surface area contributed by atoms with Gasteiger partial charge >= 0.3 is 5.97 Å². The van der Waals surface area contributed by atoms with Gasteiger partial charge in [-0.15, -0.1) is 11.3 Å². The van der Waals surface area contributed by atoms with Crippen LogP contribution in [0.1, 0.15) is 25.6 Å². The molecule has 4 nitrogen and oxygen atoms in total. The zero-order valence-electron chi connectivity index (χ0n) is 15.3. The lowest BCUT2D eigenvalue weighted by atomic mass is 9.95. The van der Waals surface area contributed by atoms with Crippen LogP contribution in [0.3, 0.4) is 0 Å². The molecule has 5 heteroatoms. The molecule has 0 fully saturated rings. The van der Waals surface area contributed by atoms with E-state index in [-0.39, 0.29) is 10.7 Å². The maximum absolute atomic E-state index is 13.5. The number of thiophene rings is 1. The number of carboxylic acids is 1. The maximum atomic E-state index is 13.5. The van der Waals surface area contributed by atoms with Crippen molar-refractivity contribution in [3.63, 3.8) is 0 Å². The van der Waals surface area contributed by atoms with Crippen molar-refractivity contribution in [1.82, 2.24) is 0 Å². The Balaban J connectivity index is 1.95. The van der Waals surface area contributed by atoms with Crippen molar-refractivity contribution >= 4 is 33.8 Å². The van der Waals surface area contributed by atoms with E-state index in [1.165, 1.54) is 0 Å². The summed E-state index contributed by atoms with van der Waals surface area (Å²) in [5.41, 5.74) is 2.80. The molecule has 142 valence electrons. The summed E-state index contributed by atoms with van der Waals surface area (Å²) in [6.45, 7) is 0. The van der Waals surface area contributed by atoms with Crippen LogP contribution < -0.4 is 5.32 Å². The lowest BCUT2D eigenvalue weighted by Crippen LogP contribution is -2.06. The van der Waals surface area contributed by atoms with Gasteiger partial charge in [0, 0.05) is 16.8 Å². The summed E-state index contributed by atoms with van der Waals surface area (Å²) in [5.74, 6) is -1.27. The second-order valence-electron chi connectivity index (χ2n) is 6.37. The SMILES string of the molecule is O=C(O)c1sc(Nc2ccccc2)c(C(=O)c2ccccc2)c1-c1ccccc1. The smallest absolute Gasteiger partial charge is 0.346 e. The first kappa shape index (κ1) is 18.7. The van der Waals surface area contributed by atoms with Gasteiger partial charge in [0.15, 0.2) is 5.78 Å². The van der Waals surface area contributed by atoms with Crippen molar-refractivity contribution in [2.75, 3.05) is 5.32 Å². The second-order valence-corrected chi connectivity index (χ2v) is 7.39. The molecule has 0 atom stereocenters. The fourth-order valence-electron chi connectivity index (χ4n) is 3.15. The van der Waals surface area contributed by atoms with E-state index in [0.717, 1.165) is 17.0 Å². The summed E-state index contributed by atoms with van der Waals surface area (Å²) in [5, 5.41) is 13.6. The fourth-order valence-corrected chi connectivity index (χ4v) is 4.23. The van der Waals surface area contributed by atoms with E-state index in [4.69, 9.17) is 0 Å². The van der Waals surface area contributed by atoms with Crippen LogP contribution in [0.4, 0.5) is 10.7 Å². The van der Waals surface area contributed by atoms with Gasteiger partial charge in [-0.25, -0.2) is 4.79 Å². The number of aromatic carboxylic acids is 1. The summed E-state index contributed by atoms with van der Waals surface area (Å²) in [6, 6.07) is 27.5. The first-order chi connectivity index (χ1) is 14.1. The Morgan fingerprint density at radius 3 is 1.90 bits per heavy atom. The highest BCUT2D eigenvalue weighted by Gasteiger charge is 2.28. The maximum Gasteiger partial charge on any atom is 0.346 e. The number of para-hydroxylation sites is 1. The predicted molar refractivity (Wildman–Crippen MR) is 116 cm³/mol. The zero-order chi connectivity index (χ0) is 20.2. The van der Waals surface area contributed by atoms with Crippen molar-refractivity contribution in [2.24, 2.45) is 0 Å². The number of rotatable bonds is 6. The highest BCUT2D eigenvalue weighted by Crippen LogP contribution is 2.42. The van der Waals surface area contributed by atoms with Crippen molar-refractivity contribution in [1.29, 1.82) is 0 Å². The van der Waals surface area contributed by atoms with Gasteiger partial charge in [-0.05, 0) is 17.7 Å². The second kappa shape index (κ2) is 8.12. The number of anilines is 2. The van der Waals surface area contributed by atoms with Crippen LogP contribution >= 0.6 is 11.3 Å². The van der Waals surface area contributed by atoms with E-state index < -0.39 is 5.97 Å². The highest BCUT2D eigenvalue weighted by molar-refractivity contribution is 7.19. The van der Waals surface area contributed by atoms with E-state index in [0.29, 0.717) is 27.3 Å². The van der Waals surface area contributed by atoms with Gasteiger partial charge in [-0.2, -0.15) is 0 Å². The molecule has 1 aromatic heterocycles. The molecule has 0 amide bonds. The zero-order valence-corrected chi connectivity index (χ0v) is 16.1. The Morgan fingerprint density at radius 1 is 0.759 bits per heavy atom. The monoisotopic (exact) mass is 399 g/mol. The predicted octanol–water partition coefficient (Wildman–Crippen LogP) is 6.09. The molecule has 0 saturated heterocycles. The average molecular weight is 399 g/mol. The minimum absolute atomic E-state index is 0.133. The van der Waals surface area contributed by atoms with Crippen molar-refractivity contribution in [3.8, 4) is 11.1 Å². The summed E-state index contributed by atoms with van der Waals surface area (Å²) >= 11 is 1.08. The number of carbonyl (C=O) groups is 2. The van der Waals surface area contributed by atoms with Gasteiger partial charge in [0.25, 0.3) is 0 Å². The van der Waals surface area contributed by atoms with Crippen molar-refractivity contribution in [2.45, 2.75) is 0 Å². The van der Waals surface area contributed by atoms with Crippen molar-refractivity contribution < 1.29 is 14.7 Å². The highest BCUT2D eigenvalue weighted by atomic mass is 32.1. The van der Waals surface area contributed by atoms with E-state index in [1.54, 1.807) is 24.3 Å². The van der Waals surface area contributed by atoms with Crippen LogP contribution in [-0.2, 0) is 0 Å². The standard InChI is InChI=1S/C24H17NO3S/c26-21(17-12-6-2-7-13-17)20-19(16-10-4-1-5-11-16)22(24(27)28)29-23(20)25-18-14-8-3-9-15-18/h1-15,25H,(H,27,28). The topological polar surface area (TPSA) is 66.4 Å². The molecule has 0 bridgehead atoms. The Morgan fingerprint density at radius 2 is 1.31 bits per heavy atom. The van der Waals surface area contributed by atoms with Crippen LogP contribution in [0, 0.1) is 0 Å². The normalized spacial score (nSPS) is 10.5. The number of carboxylic acid groups (broad SMARTS) is 1. The summed E-state index contributed by atoms with van der Waals surface area (Å²) < 4.78 is 0. The Hall–Kier alpha value is -3.70. The summed E-state index contributed by atoms with van der Waals surface area (Å²) in [6.07, 6.45) is 0. The largest absolute Gasteiger partial charge is 0.477 e. The Bertz CT molecular complexity index is 1150. The van der Waals surface area contributed by atoms with Crippen LogP contribution in [0.5, 0.6) is 0 Å². The fraction of sp³-hybridized carbons (Fsp3) is 0. The first-order valence-corrected chi connectivity index (χ1v) is 9.84. The molecule has 29 heavy (non-hydrogen) atoms. The van der Waals surface area contributed by atoms with Gasteiger partial charge in [0.05, 0.1) is 5.56 Å². The minimum Gasteiger partial charge on any atom is -0.477 e. The lowest BCUT2D eigenvalue weighted by Gasteiger charge is -2.10. The molecule has 0 aliphatic rings. The first-order valence-electron chi connectivity index (χ1n) is 9.02. The third kappa shape index (κ3) is 3.81. The van der Waals surface area contributed by atoms with Gasteiger partial charge in [-0.1, -0.05) is 78.9 Å². The average Bonchev–Trinajstić information content (AvgIpc) is 3.14. The van der Waals surface area contributed by atoms with Crippen molar-refractivity contribution in [3.05, 3.63) is 107 Å². The van der Waals surface area contributed by atoms with Crippen LogP contribution in [0.2, 0.25) is 0 Å². The molecule has 0 aliphatic carbocycles. The third-order valence-electron chi connectivity index (χ3n) is 4.46. The van der Waals surface area contributed by atoms with Crippen LogP contribution in [0.15, 0.2) is 91.0 Å². The Labute approximate surface area is 172 Å². The molecule has 4 aromatic rings. The van der Waals surface area contributed by atoms with E-state index in [2.05, 4.69) is 5.32 Å². The Kier molecular flexibility index (Phi) is 5.22. The molecule has 0 saturated carbocycles. The number of nitrogens with one attached hydrogen (secondary N) is 1. The van der Waals surface area contributed by atoms with E-state index in [1.807, 2.05) is 66.7 Å². The molecule has 4 rings (SSSR count). The number of hydrogen-bond donors (Lipinski definition) is 2. The van der Waals surface area contributed by atoms with Gasteiger partial charge < -0.3 is 10.4 Å². The molecule has 0 radical (unpaired) electrons. The molecule has 1 heterocycles. The third-order valence-corrected chi connectivity index (χ3v) is 5.55. The number of ketones is 1. The van der Waals surface area contributed by atoms with E-state index >= 15 is 0 Å². The number of benzene rings is 3.